The molecular formula is C11H16O. The van der Waals surface area contributed by atoms with Crippen LogP contribution in [0.15, 0.2) is 11.6 Å². The van der Waals surface area contributed by atoms with Crippen LogP contribution in [0.1, 0.15) is 39.0 Å². The van der Waals surface area contributed by atoms with Crippen molar-refractivity contribution in [2.45, 2.75) is 39.0 Å². The van der Waals surface area contributed by atoms with E-state index in [4.69, 9.17) is 0 Å². The Morgan fingerprint density at radius 2 is 2.08 bits per heavy atom. The Morgan fingerprint density at radius 1 is 1.33 bits per heavy atom. The predicted octanol–water partition coefficient (Wildman–Crippen LogP) is 2.71. The fourth-order valence-corrected chi connectivity index (χ4v) is 2.68. The van der Waals surface area contributed by atoms with Crippen LogP contribution in [0.3, 0.4) is 0 Å². The van der Waals surface area contributed by atoms with Gasteiger partial charge in [0.1, 0.15) is 0 Å². The zero-order valence-electron chi connectivity index (χ0n) is 7.68. The summed E-state index contributed by atoms with van der Waals surface area (Å²) >= 11 is 0. The van der Waals surface area contributed by atoms with Crippen molar-refractivity contribution in [1.29, 1.82) is 0 Å². The maximum absolute atomic E-state index is 11.7. The molecule has 0 aromatic heterocycles. The molecule has 2 aliphatic rings. The molecule has 0 saturated heterocycles. The number of carbonyl (C=O) groups excluding carboxylic acids is 1. The van der Waals surface area contributed by atoms with Gasteiger partial charge >= 0.3 is 0 Å². The van der Waals surface area contributed by atoms with Crippen LogP contribution in [0.2, 0.25) is 0 Å². The molecule has 0 spiro atoms. The van der Waals surface area contributed by atoms with Gasteiger partial charge in [-0.15, -0.1) is 0 Å². The fraction of sp³-hybridized carbons (Fsp3) is 0.727. The molecule has 2 atom stereocenters. The SMILES string of the molecule is CC=C1C[C@H]2CCCC[C@H]2C1=O. The van der Waals surface area contributed by atoms with Crippen molar-refractivity contribution >= 4 is 5.78 Å². The first-order valence-corrected chi connectivity index (χ1v) is 5.02. The fourth-order valence-electron chi connectivity index (χ4n) is 2.68. The van der Waals surface area contributed by atoms with Gasteiger partial charge in [-0.1, -0.05) is 18.9 Å². The average Bonchev–Trinajstić information content (AvgIpc) is 2.44. The van der Waals surface area contributed by atoms with Crippen LogP contribution >= 0.6 is 0 Å². The predicted molar refractivity (Wildman–Crippen MR) is 48.8 cm³/mol. The summed E-state index contributed by atoms with van der Waals surface area (Å²) in [7, 11) is 0. The Labute approximate surface area is 73.8 Å². The molecular weight excluding hydrogens is 148 g/mol. The number of hydrogen-bond acceptors (Lipinski definition) is 1. The smallest absolute Gasteiger partial charge is 0.161 e. The van der Waals surface area contributed by atoms with Crippen LogP contribution < -0.4 is 0 Å². The van der Waals surface area contributed by atoms with Gasteiger partial charge in [-0.05, 0) is 37.7 Å². The molecule has 0 bridgehead atoms. The van der Waals surface area contributed by atoms with E-state index >= 15 is 0 Å². The van der Waals surface area contributed by atoms with Gasteiger partial charge in [0, 0.05) is 5.92 Å². The summed E-state index contributed by atoms with van der Waals surface area (Å²) in [5.74, 6) is 1.57. The van der Waals surface area contributed by atoms with Crippen molar-refractivity contribution in [1.82, 2.24) is 0 Å². The molecule has 2 fully saturated rings. The molecule has 1 heteroatoms. The Kier molecular flexibility index (Phi) is 2.03. The van der Waals surface area contributed by atoms with Gasteiger partial charge < -0.3 is 0 Å². The van der Waals surface area contributed by atoms with Crippen molar-refractivity contribution in [3.8, 4) is 0 Å². The number of hydrogen-bond donors (Lipinski definition) is 0. The van der Waals surface area contributed by atoms with Crippen molar-refractivity contribution in [3.05, 3.63) is 11.6 Å². The van der Waals surface area contributed by atoms with Crippen LogP contribution in [-0.2, 0) is 4.79 Å². The van der Waals surface area contributed by atoms with Crippen LogP contribution in [-0.4, -0.2) is 5.78 Å². The Balaban J connectivity index is 2.19. The quantitative estimate of drug-likeness (QED) is 0.503. The molecule has 0 N–H and O–H groups in total. The maximum Gasteiger partial charge on any atom is 0.161 e. The van der Waals surface area contributed by atoms with Crippen molar-refractivity contribution in [2.24, 2.45) is 11.8 Å². The van der Waals surface area contributed by atoms with E-state index in [2.05, 4.69) is 0 Å². The maximum atomic E-state index is 11.7. The van der Waals surface area contributed by atoms with Gasteiger partial charge in [0.25, 0.3) is 0 Å². The second-order valence-electron chi connectivity index (χ2n) is 4.03. The van der Waals surface area contributed by atoms with Gasteiger partial charge in [-0.3, -0.25) is 4.79 Å². The van der Waals surface area contributed by atoms with Crippen LogP contribution in [0.4, 0.5) is 0 Å². The molecule has 0 aromatic rings. The highest BCUT2D eigenvalue weighted by atomic mass is 16.1. The Bertz CT molecular complexity index is 227. The first kappa shape index (κ1) is 8.03. The van der Waals surface area contributed by atoms with Crippen LogP contribution in [0, 0.1) is 11.8 Å². The van der Waals surface area contributed by atoms with E-state index in [1.807, 2.05) is 13.0 Å². The van der Waals surface area contributed by atoms with Gasteiger partial charge in [-0.25, -0.2) is 0 Å². The highest BCUT2D eigenvalue weighted by Gasteiger charge is 2.38. The Hall–Kier alpha value is -0.590. The summed E-state index contributed by atoms with van der Waals surface area (Å²) in [4.78, 5) is 11.7. The van der Waals surface area contributed by atoms with E-state index in [0.717, 1.165) is 18.4 Å². The van der Waals surface area contributed by atoms with Crippen LogP contribution in [0.25, 0.3) is 0 Å². The van der Waals surface area contributed by atoms with Gasteiger partial charge in [0.05, 0.1) is 0 Å². The van der Waals surface area contributed by atoms with Gasteiger partial charge in [0.2, 0.25) is 0 Å². The molecule has 2 saturated carbocycles. The minimum absolute atomic E-state index is 0.407. The summed E-state index contributed by atoms with van der Waals surface area (Å²) in [6, 6.07) is 0. The minimum atomic E-state index is 0.407. The number of allylic oxidation sites excluding steroid dienone is 2. The molecule has 0 amide bonds. The topological polar surface area (TPSA) is 17.1 Å². The molecule has 12 heavy (non-hydrogen) atoms. The zero-order chi connectivity index (χ0) is 8.55. The molecule has 0 aliphatic heterocycles. The Morgan fingerprint density at radius 3 is 2.75 bits per heavy atom. The van der Waals surface area contributed by atoms with E-state index in [9.17, 15) is 4.79 Å². The van der Waals surface area contributed by atoms with Crippen molar-refractivity contribution < 1.29 is 4.79 Å². The zero-order valence-corrected chi connectivity index (χ0v) is 7.68. The number of fused-ring (bicyclic) bond motifs is 1. The summed E-state index contributed by atoms with van der Waals surface area (Å²) in [5, 5.41) is 0. The monoisotopic (exact) mass is 164 g/mol. The second-order valence-corrected chi connectivity index (χ2v) is 4.03. The molecule has 1 nitrogen and oxygen atoms in total. The van der Waals surface area contributed by atoms with E-state index in [1.165, 1.54) is 19.3 Å². The highest BCUT2D eigenvalue weighted by molar-refractivity contribution is 5.99. The molecule has 0 radical (unpaired) electrons. The number of Topliss-reactive ketones (excluding diaryl/α,β-unsaturated/α-hetero) is 1. The second kappa shape index (κ2) is 3.04. The minimum Gasteiger partial charge on any atom is -0.294 e. The van der Waals surface area contributed by atoms with E-state index < -0.39 is 0 Å². The first-order valence-electron chi connectivity index (χ1n) is 5.02. The number of carbonyl (C=O) groups is 1. The van der Waals surface area contributed by atoms with Crippen LogP contribution in [0.5, 0.6) is 0 Å². The first-order chi connectivity index (χ1) is 5.83. The van der Waals surface area contributed by atoms with E-state index in [1.54, 1.807) is 0 Å². The van der Waals surface area contributed by atoms with Gasteiger partial charge in [0.15, 0.2) is 5.78 Å². The molecule has 2 aliphatic carbocycles. The third-order valence-corrected chi connectivity index (χ3v) is 3.39. The third-order valence-electron chi connectivity index (χ3n) is 3.39. The standard InChI is InChI=1S/C11H16O/c1-2-8-7-9-5-3-4-6-10(9)11(8)12/h2,9-10H,3-7H2,1H3/t9-,10-/m1/s1. The summed E-state index contributed by atoms with van der Waals surface area (Å²) in [6.07, 6.45) is 8.13. The number of rotatable bonds is 0. The van der Waals surface area contributed by atoms with Crippen molar-refractivity contribution in [3.63, 3.8) is 0 Å². The summed E-state index contributed by atoms with van der Waals surface area (Å²) < 4.78 is 0. The normalized spacial score (nSPS) is 38.8. The lowest BCUT2D eigenvalue weighted by Gasteiger charge is -2.22. The van der Waals surface area contributed by atoms with E-state index in [0.29, 0.717) is 17.6 Å². The molecule has 0 aromatic carbocycles. The van der Waals surface area contributed by atoms with Crippen molar-refractivity contribution in [2.75, 3.05) is 0 Å². The summed E-state index contributed by atoms with van der Waals surface area (Å²) in [5.41, 5.74) is 1.10. The lowest BCUT2D eigenvalue weighted by atomic mass is 9.81. The van der Waals surface area contributed by atoms with Gasteiger partial charge in [-0.2, -0.15) is 0 Å². The van der Waals surface area contributed by atoms with E-state index in [-0.39, 0.29) is 0 Å². The average molecular weight is 164 g/mol. The number of ketones is 1. The lowest BCUT2D eigenvalue weighted by Crippen LogP contribution is -2.18. The third kappa shape index (κ3) is 1.12. The highest BCUT2D eigenvalue weighted by Crippen LogP contribution is 2.42. The molecule has 0 unspecified atom stereocenters. The molecule has 0 heterocycles. The molecule has 66 valence electrons. The largest absolute Gasteiger partial charge is 0.294 e. The molecule has 2 rings (SSSR count). The lowest BCUT2D eigenvalue weighted by molar-refractivity contribution is -0.119. The summed E-state index contributed by atoms with van der Waals surface area (Å²) in [6.45, 7) is 1.99.